The standard InChI is InChI=1S/C20H21F3N4O3/c1-12(2)9-19(3,30-18(25)28)11-29-16-5-4-13(8-14(16)10-24)15-6-7-26-17(27-15)20(21,22)23/h4-8,12H,9,11H2,1-3H3,(H2,25,28). The Balaban J connectivity index is 2.28. The third kappa shape index (κ3) is 6.07. The summed E-state index contributed by atoms with van der Waals surface area (Å²) in [5.41, 5.74) is 4.53. The predicted molar refractivity (Wildman–Crippen MR) is 101 cm³/mol. The van der Waals surface area contributed by atoms with Crippen molar-refractivity contribution in [2.45, 2.75) is 39.0 Å². The molecule has 0 spiro atoms. The Morgan fingerprint density at radius 3 is 2.57 bits per heavy atom. The second-order valence-electron chi connectivity index (χ2n) is 7.34. The average Bonchev–Trinajstić information content (AvgIpc) is 2.64. The number of hydrogen-bond donors (Lipinski definition) is 1. The largest absolute Gasteiger partial charge is 0.488 e. The lowest BCUT2D eigenvalue weighted by molar-refractivity contribution is -0.144. The number of ether oxygens (including phenoxy) is 2. The molecule has 10 heteroatoms. The van der Waals surface area contributed by atoms with Crippen LogP contribution in [-0.4, -0.2) is 28.3 Å². The van der Waals surface area contributed by atoms with Crippen molar-refractivity contribution < 1.29 is 27.4 Å². The Bertz CT molecular complexity index is 957. The number of halogens is 3. The van der Waals surface area contributed by atoms with Gasteiger partial charge in [0.2, 0.25) is 5.82 Å². The SMILES string of the molecule is CC(C)CC(C)(COc1ccc(-c2ccnc(C(F)(F)F)n2)cc1C#N)OC(N)=O. The summed E-state index contributed by atoms with van der Waals surface area (Å²) in [6, 6.07) is 7.55. The third-order valence-electron chi connectivity index (χ3n) is 4.02. The Kier molecular flexibility index (Phi) is 6.87. The van der Waals surface area contributed by atoms with Crippen LogP contribution in [0.1, 0.15) is 38.6 Å². The maximum Gasteiger partial charge on any atom is 0.451 e. The minimum atomic E-state index is -4.68. The first-order valence-corrected chi connectivity index (χ1v) is 8.99. The van der Waals surface area contributed by atoms with E-state index in [2.05, 4.69) is 9.97 Å². The summed E-state index contributed by atoms with van der Waals surface area (Å²) in [6.07, 6.45) is -4.16. The van der Waals surface area contributed by atoms with Gasteiger partial charge in [-0.25, -0.2) is 14.8 Å². The van der Waals surface area contributed by atoms with Gasteiger partial charge in [-0.2, -0.15) is 18.4 Å². The van der Waals surface area contributed by atoms with Gasteiger partial charge in [-0.1, -0.05) is 13.8 Å². The molecule has 0 aliphatic rings. The summed E-state index contributed by atoms with van der Waals surface area (Å²) in [6.45, 7) is 5.48. The zero-order valence-electron chi connectivity index (χ0n) is 16.7. The third-order valence-corrected chi connectivity index (χ3v) is 4.02. The first-order valence-electron chi connectivity index (χ1n) is 8.99. The number of primary amides is 1. The van der Waals surface area contributed by atoms with Gasteiger partial charge < -0.3 is 15.2 Å². The summed E-state index contributed by atoms with van der Waals surface area (Å²) >= 11 is 0. The minimum Gasteiger partial charge on any atom is -0.488 e. The van der Waals surface area contributed by atoms with Crippen LogP contribution in [0.3, 0.4) is 0 Å². The van der Waals surface area contributed by atoms with Crippen LogP contribution < -0.4 is 10.5 Å². The lowest BCUT2D eigenvalue weighted by Crippen LogP contribution is -2.41. The molecule has 2 N–H and O–H groups in total. The highest BCUT2D eigenvalue weighted by Crippen LogP contribution is 2.30. The summed E-state index contributed by atoms with van der Waals surface area (Å²) in [5, 5.41) is 9.45. The van der Waals surface area contributed by atoms with E-state index < -0.39 is 23.7 Å². The summed E-state index contributed by atoms with van der Waals surface area (Å²) in [5.74, 6) is -0.905. The molecule has 30 heavy (non-hydrogen) atoms. The van der Waals surface area contributed by atoms with Crippen molar-refractivity contribution in [3.8, 4) is 23.1 Å². The van der Waals surface area contributed by atoms with Crippen LogP contribution in [0.15, 0.2) is 30.5 Å². The molecule has 0 aliphatic heterocycles. The fourth-order valence-corrected chi connectivity index (χ4v) is 3.03. The van der Waals surface area contributed by atoms with Crippen molar-refractivity contribution in [2.75, 3.05) is 6.61 Å². The second kappa shape index (κ2) is 8.98. The minimum absolute atomic E-state index is 0.0158. The van der Waals surface area contributed by atoms with Gasteiger partial charge >= 0.3 is 12.3 Å². The highest BCUT2D eigenvalue weighted by atomic mass is 19.4. The molecule has 1 amide bonds. The number of nitriles is 1. The van der Waals surface area contributed by atoms with Gasteiger partial charge in [0, 0.05) is 11.8 Å². The van der Waals surface area contributed by atoms with Gasteiger partial charge in [-0.05, 0) is 43.5 Å². The number of benzene rings is 1. The number of nitrogens with zero attached hydrogens (tertiary/aromatic N) is 3. The van der Waals surface area contributed by atoms with Crippen LogP contribution in [0.4, 0.5) is 18.0 Å². The first kappa shape index (κ1) is 22.9. The zero-order chi connectivity index (χ0) is 22.5. The number of alkyl halides is 3. The van der Waals surface area contributed by atoms with Crippen LogP contribution in [-0.2, 0) is 10.9 Å². The summed E-state index contributed by atoms with van der Waals surface area (Å²) < 4.78 is 49.4. The molecule has 0 radical (unpaired) electrons. The van der Waals surface area contributed by atoms with Gasteiger partial charge in [-0.15, -0.1) is 0 Å². The lowest BCUT2D eigenvalue weighted by Gasteiger charge is -2.30. The molecule has 2 aromatic rings. The Labute approximate surface area is 171 Å². The fourth-order valence-electron chi connectivity index (χ4n) is 3.03. The molecule has 1 aromatic carbocycles. The molecular formula is C20H21F3N4O3. The number of amides is 1. The average molecular weight is 422 g/mol. The van der Waals surface area contributed by atoms with Crippen molar-refractivity contribution in [2.24, 2.45) is 11.7 Å². The van der Waals surface area contributed by atoms with Crippen LogP contribution in [0.5, 0.6) is 5.75 Å². The van der Waals surface area contributed by atoms with Gasteiger partial charge in [0.05, 0.1) is 11.3 Å². The van der Waals surface area contributed by atoms with Crippen molar-refractivity contribution in [3.05, 3.63) is 41.9 Å². The van der Waals surface area contributed by atoms with E-state index in [9.17, 15) is 23.2 Å². The van der Waals surface area contributed by atoms with Gasteiger partial charge in [0.15, 0.2) is 0 Å². The molecule has 0 bridgehead atoms. The van der Waals surface area contributed by atoms with E-state index in [1.54, 1.807) is 6.92 Å². The van der Waals surface area contributed by atoms with E-state index in [1.807, 2.05) is 19.9 Å². The number of nitrogens with two attached hydrogens (primary N) is 1. The van der Waals surface area contributed by atoms with Crippen LogP contribution >= 0.6 is 0 Å². The van der Waals surface area contributed by atoms with Crippen LogP contribution in [0.2, 0.25) is 0 Å². The Morgan fingerprint density at radius 2 is 2.00 bits per heavy atom. The van der Waals surface area contributed by atoms with E-state index >= 15 is 0 Å². The molecular weight excluding hydrogens is 401 g/mol. The zero-order valence-corrected chi connectivity index (χ0v) is 16.7. The van der Waals surface area contributed by atoms with Crippen LogP contribution in [0, 0.1) is 17.2 Å². The number of hydrogen-bond acceptors (Lipinski definition) is 6. The quantitative estimate of drug-likeness (QED) is 0.712. The second-order valence-corrected chi connectivity index (χ2v) is 7.34. The van der Waals surface area contributed by atoms with Crippen molar-refractivity contribution in [1.82, 2.24) is 9.97 Å². The van der Waals surface area contributed by atoms with E-state index in [1.165, 1.54) is 24.3 Å². The van der Waals surface area contributed by atoms with Gasteiger partial charge in [-0.3, -0.25) is 0 Å². The lowest BCUT2D eigenvalue weighted by atomic mass is 9.95. The summed E-state index contributed by atoms with van der Waals surface area (Å²) in [4.78, 5) is 18.0. The highest BCUT2D eigenvalue weighted by Gasteiger charge is 2.35. The molecule has 1 unspecified atom stereocenters. The molecule has 1 heterocycles. The molecule has 0 fully saturated rings. The Morgan fingerprint density at radius 1 is 1.30 bits per heavy atom. The fraction of sp³-hybridized carbons (Fsp3) is 0.400. The van der Waals surface area contributed by atoms with Crippen LogP contribution in [0.25, 0.3) is 11.3 Å². The topological polar surface area (TPSA) is 111 Å². The van der Waals surface area contributed by atoms with E-state index in [4.69, 9.17) is 15.2 Å². The van der Waals surface area contributed by atoms with E-state index in [0.717, 1.165) is 6.20 Å². The molecule has 0 saturated heterocycles. The molecule has 1 atom stereocenters. The van der Waals surface area contributed by atoms with E-state index in [0.29, 0.717) is 12.0 Å². The first-order chi connectivity index (χ1) is 13.9. The van der Waals surface area contributed by atoms with Crippen molar-refractivity contribution in [3.63, 3.8) is 0 Å². The number of carbonyl (C=O) groups is 1. The highest BCUT2D eigenvalue weighted by molar-refractivity contribution is 5.65. The smallest absolute Gasteiger partial charge is 0.451 e. The molecule has 2 rings (SSSR count). The van der Waals surface area contributed by atoms with Crippen molar-refractivity contribution in [1.29, 1.82) is 5.26 Å². The number of carbonyl (C=O) groups excluding carboxylic acids is 1. The molecule has 0 saturated carbocycles. The van der Waals surface area contributed by atoms with E-state index in [-0.39, 0.29) is 29.5 Å². The Hall–Kier alpha value is -3.35. The normalized spacial score (nSPS) is 13.4. The maximum absolute atomic E-state index is 12.8. The number of aromatic nitrogens is 2. The van der Waals surface area contributed by atoms with Gasteiger partial charge in [0.1, 0.15) is 24.0 Å². The van der Waals surface area contributed by atoms with Gasteiger partial charge in [0.25, 0.3) is 0 Å². The van der Waals surface area contributed by atoms with Crippen molar-refractivity contribution >= 4 is 6.09 Å². The monoisotopic (exact) mass is 422 g/mol. The molecule has 1 aromatic heterocycles. The predicted octanol–water partition coefficient (Wildman–Crippen LogP) is 4.31. The number of rotatable bonds is 7. The maximum atomic E-state index is 12.8. The molecule has 7 nitrogen and oxygen atoms in total. The summed E-state index contributed by atoms with van der Waals surface area (Å²) in [7, 11) is 0. The molecule has 0 aliphatic carbocycles. The molecule has 160 valence electrons.